The molecule has 0 aliphatic carbocycles. The van der Waals surface area contributed by atoms with Crippen LogP contribution < -0.4 is 5.32 Å². The Morgan fingerprint density at radius 3 is 2.73 bits per heavy atom. The number of hydrogen-bond acceptors (Lipinski definition) is 3. The van der Waals surface area contributed by atoms with E-state index in [2.05, 4.69) is 29.6 Å². The van der Waals surface area contributed by atoms with Crippen molar-refractivity contribution in [3.63, 3.8) is 0 Å². The topological polar surface area (TPSA) is 41.6 Å². The fourth-order valence-corrected chi connectivity index (χ4v) is 3.81. The van der Waals surface area contributed by atoms with Gasteiger partial charge in [-0.2, -0.15) is 0 Å². The van der Waals surface area contributed by atoms with Gasteiger partial charge in [-0.05, 0) is 52.1 Å². The Bertz CT molecular complexity index is 538. The van der Waals surface area contributed by atoms with Crippen molar-refractivity contribution >= 4 is 6.09 Å². The fraction of sp³-hybridized carbons (Fsp3) is 0.611. The van der Waals surface area contributed by atoms with E-state index in [4.69, 9.17) is 4.74 Å². The molecule has 4 nitrogen and oxygen atoms in total. The molecule has 22 heavy (non-hydrogen) atoms. The molecule has 1 amide bonds. The van der Waals surface area contributed by atoms with Gasteiger partial charge in [-0.25, -0.2) is 4.79 Å². The van der Waals surface area contributed by atoms with Gasteiger partial charge < -0.3 is 15.0 Å². The number of ether oxygens (including phenoxy) is 1. The van der Waals surface area contributed by atoms with E-state index in [1.165, 1.54) is 5.56 Å². The summed E-state index contributed by atoms with van der Waals surface area (Å²) in [6.07, 6.45) is 2.89. The lowest BCUT2D eigenvalue weighted by Gasteiger charge is -2.43. The zero-order chi connectivity index (χ0) is 15.8. The van der Waals surface area contributed by atoms with Crippen LogP contribution in [0.4, 0.5) is 4.79 Å². The Morgan fingerprint density at radius 2 is 2.05 bits per heavy atom. The van der Waals surface area contributed by atoms with Crippen LogP contribution in [0, 0.1) is 0 Å². The van der Waals surface area contributed by atoms with Crippen molar-refractivity contribution in [3.05, 3.63) is 35.9 Å². The van der Waals surface area contributed by atoms with E-state index in [1.807, 2.05) is 31.7 Å². The van der Waals surface area contributed by atoms with Crippen molar-refractivity contribution in [3.8, 4) is 0 Å². The number of carbonyl (C=O) groups is 1. The predicted octanol–water partition coefficient (Wildman–Crippen LogP) is 3.27. The number of benzene rings is 1. The number of fused-ring (bicyclic) bond motifs is 1. The molecule has 2 fully saturated rings. The first-order chi connectivity index (χ1) is 10.4. The molecule has 0 bridgehead atoms. The van der Waals surface area contributed by atoms with Crippen LogP contribution in [0.5, 0.6) is 0 Å². The summed E-state index contributed by atoms with van der Waals surface area (Å²) < 4.78 is 5.61. The molecule has 3 rings (SSSR count). The van der Waals surface area contributed by atoms with Gasteiger partial charge in [-0.15, -0.1) is 0 Å². The molecule has 0 unspecified atom stereocenters. The Hall–Kier alpha value is -1.55. The lowest BCUT2D eigenvalue weighted by molar-refractivity contribution is 0.0151. The molecule has 1 aromatic carbocycles. The summed E-state index contributed by atoms with van der Waals surface area (Å²) in [5.74, 6) is 0. The van der Waals surface area contributed by atoms with Crippen LogP contribution in [-0.2, 0) is 10.3 Å². The first kappa shape index (κ1) is 15.3. The molecular formula is C18H26N2O2. The molecule has 4 heteroatoms. The molecular weight excluding hydrogens is 276 g/mol. The van der Waals surface area contributed by atoms with Gasteiger partial charge in [0.25, 0.3) is 0 Å². The number of nitrogens with one attached hydrogen (secondary N) is 1. The van der Waals surface area contributed by atoms with E-state index in [1.54, 1.807) is 0 Å². The second-order valence-electron chi connectivity index (χ2n) is 7.35. The monoisotopic (exact) mass is 302 g/mol. The van der Waals surface area contributed by atoms with Gasteiger partial charge in [0.2, 0.25) is 0 Å². The molecule has 2 atom stereocenters. The molecule has 0 aromatic heterocycles. The highest BCUT2D eigenvalue weighted by molar-refractivity contribution is 5.69. The third-order valence-electron chi connectivity index (χ3n) is 4.70. The van der Waals surface area contributed by atoms with Crippen molar-refractivity contribution in [1.29, 1.82) is 0 Å². The van der Waals surface area contributed by atoms with Crippen LogP contribution in [-0.4, -0.2) is 35.7 Å². The summed E-state index contributed by atoms with van der Waals surface area (Å²) in [6, 6.07) is 10.7. The van der Waals surface area contributed by atoms with E-state index in [0.717, 1.165) is 32.4 Å². The lowest BCUT2D eigenvalue weighted by Crippen LogP contribution is -2.57. The zero-order valence-electron chi connectivity index (χ0n) is 13.8. The third-order valence-corrected chi connectivity index (χ3v) is 4.70. The number of carbonyl (C=O) groups excluding carboxylic acids is 1. The zero-order valence-corrected chi connectivity index (χ0v) is 13.8. The van der Waals surface area contributed by atoms with Crippen LogP contribution >= 0.6 is 0 Å². The third kappa shape index (κ3) is 2.72. The maximum absolute atomic E-state index is 12.6. The van der Waals surface area contributed by atoms with Crippen LogP contribution in [0.3, 0.4) is 0 Å². The minimum absolute atomic E-state index is 0.115. The summed E-state index contributed by atoms with van der Waals surface area (Å²) in [4.78, 5) is 14.5. The Morgan fingerprint density at radius 1 is 1.32 bits per heavy atom. The quantitative estimate of drug-likeness (QED) is 0.865. The molecule has 2 heterocycles. The maximum atomic E-state index is 12.6. The van der Waals surface area contributed by atoms with E-state index in [9.17, 15) is 4.79 Å². The molecule has 0 spiro atoms. The van der Waals surface area contributed by atoms with E-state index < -0.39 is 5.60 Å². The minimum atomic E-state index is -0.447. The highest BCUT2D eigenvalue weighted by Crippen LogP contribution is 2.42. The summed E-state index contributed by atoms with van der Waals surface area (Å²) in [5, 5.41) is 3.71. The van der Waals surface area contributed by atoms with E-state index in [-0.39, 0.29) is 17.7 Å². The smallest absolute Gasteiger partial charge is 0.410 e. The molecule has 120 valence electrons. The summed E-state index contributed by atoms with van der Waals surface area (Å²) in [5.41, 5.74) is 0.721. The van der Waals surface area contributed by atoms with Gasteiger partial charge in [0.05, 0.1) is 11.6 Å². The Labute approximate surface area is 132 Å². The standard InChI is InChI=1S/C18H26N2O2/c1-17(2,3)22-16(21)20-13-11-18(14-8-5-4-6-9-14)15(20)10-7-12-19-18/h4-6,8-9,15,19H,7,10-13H2,1-3H3/t15-,18-/m0/s1. The van der Waals surface area contributed by atoms with Crippen molar-refractivity contribution in [1.82, 2.24) is 10.2 Å². The van der Waals surface area contributed by atoms with Gasteiger partial charge >= 0.3 is 6.09 Å². The fourth-order valence-electron chi connectivity index (χ4n) is 3.81. The minimum Gasteiger partial charge on any atom is -0.444 e. The second-order valence-corrected chi connectivity index (χ2v) is 7.35. The van der Waals surface area contributed by atoms with E-state index in [0.29, 0.717) is 0 Å². The first-order valence-electron chi connectivity index (χ1n) is 8.23. The van der Waals surface area contributed by atoms with Crippen LogP contribution in [0.1, 0.15) is 45.6 Å². The van der Waals surface area contributed by atoms with Crippen LogP contribution in [0.25, 0.3) is 0 Å². The van der Waals surface area contributed by atoms with Gasteiger partial charge in [0, 0.05) is 6.54 Å². The van der Waals surface area contributed by atoms with Crippen molar-refractivity contribution in [2.24, 2.45) is 0 Å². The van der Waals surface area contributed by atoms with Crippen molar-refractivity contribution < 1.29 is 9.53 Å². The molecule has 1 aromatic rings. The first-order valence-corrected chi connectivity index (χ1v) is 8.23. The Kier molecular flexibility index (Phi) is 3.89. The van der Waals surface area contributed by atoms with Crippen LogP contribution in [0.15, 0.2) is 30.3 Å². The number of hydrogen-bond donors (Lipinski definition) is 1. The largest absolute Gasteiger partial charge is 0.444 e. The van der Waals surface area contributed by atoms with Gasteiger partial charge in [0.15, 0.2) is 0 Å². The number of amides is 1. The van der Waals surface area contributed by atoms with Crippen molar-refractivity contribution in [2.45, 2.75) is 57.2 Å². The molecule has 2 aliphatic heterocycles. The number of piperidine rings is 1. The number of rotatable bonds is 1. The number of likely N-dealkylation sites (tertiary alicyclic amines) is 1. The molecule has 0 radical (unpaired) electrons. The number of nitrogens with zero attached hydrogens (tertiary/aromatic N) is 1. The average molecular weight is 302 g/mol. The molecule has 2 aliphatic rings. The Balaban J connectivity index is 1.87. The van der Waals surface area contributed by atoms with Crippen LogP contribution in [0.2, 0.25) is 0 Å². The highest BCUT2D eigenvalue weighted by atomic mass is 16.6. The van der Waals surface area contributed by atoms with Gasteiger partial charge in [0.1, 0.15) is 5.60 Å². The average Bonchev–Trinajstić information content (AvgIpc) is 2.87. The van der Waals surface area contributed by atoms with Crippen molar-refractivity contribution in [2.75, 3.05) is 13.1 Å². The SMILES string of the molecule is CC(C)(C)OC(=O)N1CC[C@@]2(c3ccccc3)NCCC[C@H]12. The van der Waals surface area contributed by atoms with Gasteiger partial charge in [-0.3, -0.25) is 0 Å². The predicted molar refractivity (Wildman–Crippen MR) is 86.7 cm³/mol. The van der Waals surface area contributed by atoms with E-state index >= 15 is 0 Å². The molecule has 1 N–H and O–H groups in total. The maximum Gasteiger partial charge on any atom is 0.410 e. The lowest BCUT2D eigenvalue weighted by atomic mass is 9.78. The normalized spacial score (nSPS) is 28.3. The summed E-state index contributed by atoms with van der Waals surface area (Å²) >= 11 is 0. The highest BCUT2D eigenvalue weighted by Gasteiger charge is 2.51. The van der Waals surface area contributed by atoms with Gasteiger partial charge in [-0.1, -0.05) is 30.3 Å². The summed E-state index contributed by atoms with van der Waals surface area (Å²) in [7, 11) is 0. The molecule has 0 saturated carbocycles. The molecule has 2 saturated heterocycles. The summed E-state index contributed by atoms with van der Waals surface area (Å²) in [6.45, 7) is 7.52. The second kappa shape index (κ2) is 5.58.